The minimum Gasteiger partial charge on any atom is -0.389 e. The fourth-order valence-corrected chi connectivity index (χ4v) is 3.78. The zero-order valence-electron chi connectivity index (χ0n) is 14.8. The van der Waals surface area contributed by atoms with Crippen molar-refractivity contribution in [3.8, 4) is 0 Å². The molecule has 0 radical (unpaired) electrons. The Morgan fingerprint density at radius 1 is 1.35 bits per heavy atom. The Kier molecular flexibility index (Phi) is 4.61. The number of fused-ring (bicyclic) bond motifs is 2. The van der Waals surface area contributed by atoms with Crippen molar-refractivity contribution in [1.82, 2.24) is 14.2 Å². The fourth-order valence-electron chi connectivity index (χ4n) is 3.78. The van der Waals surface area contributed by atoms with Crippen molar-refractivity contribution in [1.29, 1.82) is 0 Å². The van der Waals surface area contributed by atoms with Crippen LogP contribution in [0.5, 0.6) is 0 Å². The Morgan fingerprint density at radius 3 is 3.08 bits per heavy atom. The molecule has 136 valence electrons. The Hall–Kier alpha value is -2.44. The molecule has 0 spiro atoms. The molecule has 6 nitrogen and oxygen atoms in total. The minimum atomic E-state index is -0.663. The first-order valence-electron chi connectivity index (χ1n) is 9.05. The summed E-state index contributed by atoms with van der Waals surface area (Å²) in [6.45, 7) is 2.47. The molecule has 2 heterocycles. The van der Waals surface area contributed by atoms with E-state index >= 15 is 0 Å². The van der Waals surface area contributed by atoms with Crippen LogP contribution in [0.15, 0.2) is 47.4 Å². The van der Waals surface area contributed by atoms with Gasteiger partial charge < -0.3 is 14.4 Å². The summed E-state index contributed by atoms with van der Waals surface area (Å²) in [4.78, 5) is 11.9. The molecule has 2 atom stereocenters. The van der Waals surface area contributed by atoms with E-state index in [0.717, 1.165) is 25.0 Å². The molecule has 1 aromatic carbocycles. The average molecular weight is 353 g/mol. The molecule has 3 aromatic rings. The van der Waals surface area contributed by atoms with E-state index in [0.29, 0.717) is 12.2 Å². The van der Waals surface area contributed by atoms with Crippen LogP contribution in [0.25, 0.3) is 5.65 Å². The van der Waals surface area contributed by atoms with E-state index in [1.807, 2.05) is 17.6 Å². The van der Waals surface area contributed by atoms with Crippen LogP contribution in [0, 0.1) is 6.92 Å². The third-order valence-corrected chi connectivity index (χ3v) is 5.06. The largest absolute Gasteiger partial charge is 0.389 e. The number of rotatable bonds is 5. The van der Waals surface area contributed by atoms with E-state index in [-0.39, 0.29) is 18.3 Å². The van der Waals surface area contributed by atoms with Crippen LogP contribution >= 0.6 is 0 Å². The van der Waals surface area contributed by atoms with Crippen LogP contribution in [0.1, 0.15) is 35.8 Å². The third-order valence-electron chi connectivity index (χ3n) is 5.06. The molecule has 0 saturated carbocycles. The molecule has 1 N–H and O–H groups in total. The van der Waals surface area contributed by atoms with Crippen molar-refractivity contribution in [2.45, 2.75) is 44.9 Å². The van der Waals surface area contributed by atoms with Gasteiger partial charge in [-0.05, 0) is 37.3 Å². The molecule has 0 fully saturated rings. The molecule has 0 bridgehead atoms. The molecule has 0 aliphatic heterocycles. The lowest BCUT2D eigenvalue weighted by atomic mass is 9.89. The van der Waals surface area contributed by atoms with Crippen LogP contribution in [0.4, 0.5) is 0 Å². The summed E-state index contributed by atoms with van der Waals surface area (Å²) in [7, 11) is 0. The second-order valence-corrected chi connectivity index (χ2v) is 6.90. The Labute approximate surface area is 151 Å². The quantitative estimate of drug-likeness (QED) is 0.764. The summed E-state index contributed by atoms with van der Waals surface area (Å²) >= 11 is 0. The number of hydrogen-bond donors (Lipinski definition) is 1. The maximum atomic E-state index is 11.9. The number of hydrogen-bond acceptors (Lipinski definition) is 4. The van der Waals surface area contributed by atoms with Crippen LogP contribution < -0.4 is 5.56 Å². The van der Waals surface area contributed by atoms with Gasteiger partial charge >= 0.3 is 0 Å². The van der Waals surface area contributed by atoms with Gasteiger partial charge in [-0.1, -0.05) is 24.3 Å². The molecule has 0 amide bonds. The highest BCUT2D eigenvalue weighted by Crippen LogP contribution is 2.32. The van der Waals surface area contributed by atoms with Gasteiger partial charge in [-0.3, -0.25) is 4.79 Å². The van der Waals surface area contributed by atoms with E-state index < -0.39 is 6.10 Å². The lowest BCUT2D eigenvalue weighted by Gasteiger charge is -2.27. The highest BCUT2D eigenvalue weighted by Gasteiger charge is 2.21. The SMILES string of the molecule is Cc1cc(=O)n2nccc2n1CC(O)COC1CCCc2ccccc21. The number of aryl methyl sites for hydroxylation is 2. The van der Waals surface area contributed by atoms with Crippen molar-refractivity contribution in [3.63, 3.8) is 0 Å². The van der Waals surface area contributed by atoms with Gasteiger partial charge in [0.05, 0.1) is 31.6 Å². The van der Waals surface area contributed by atoms with Gasteiger partial charge in [0.25, 0.3) is 5.56 Å². The van der Waals surface area contributed by atoms with Gasteiger partial charge in [0, 0.05) is 17.8 Å². The number of aromatic nitrogens is 3. The van der Waals surface area contributed by atoms with Gasteiger partial charge in [0.15, 0.2) is 0 Å². The summed E-state index contributed by atoms with van der Waals surface area (Å²) in [5.74, 6) is 0. The summed E-state index contributed by atoms with van der Waals surface area (Å²) in [5.41, 5.74) is 3.89. The normalized spacial score (nSPS) is 18.0. The summed E-state index contributed by atoms with van der Waals surface area (Å²) in [6.07, 6.45) is 4.15. The Bertz CT molecular complexity index is 976. The first-order chi connectivity index (χ1) is 12.6. The van der Waals surface area contributed by atoms with Crippen molar-refractivity contribution in [3.05, 3.63) is 69.8 Å². The lowest BCUT2D eigenvalue weighted by Crippen LogP contribution is -2.28. The number of aliphatic hydroxyl groups excluding tert-OH is 1. The molecule has 4 rings (SSSR count). The molecule has 2 aromatic heterocycles. The highest BCUT2D eigenvalue weighted by molar-refractivity contribution is 5.39. The molecule has 0 saturated heterocycles. The molecule has 1 aliphatic rings. The standard InChI is InChI=1S/C20H23N3O3/c1-14-11-20(25)23-19(9-10-21-23)22(14)12-16(24)13-26-18-8-4-6-15-5-2-3-7-17(15)18/h2-3,5,7,9-11,16,18,24H,4,6,8,12-13H2,1H3. The maximum absolute atomic E-state index is 11.9. The summed E-state index contributed by atoms with van der Waals surface area (Å²) < 4.78 is 9.30. The molecule has 1 aliphatic carbocycles. The first kappa shape index (κ1) is 17.0. The second kappa shape index (κ2) is 7.05. The fraction of sp³-hybridized carbons (Fsp3) is 0.400. The Morgan fingerprint density at radius 2 is 2.19 bits per heavy atom. The van der Waals surface area contributed by atoms with Crippen molar-refractivity contribution >= 4 is 5.65 Å². The predicted molar refractivity (Wildman–Crippen MR) is 98.3 cm³/mol. The summed E-state index contributed by atoms with van der Waals surface area (Å²) in [6, 6.07) is 11.7. The van der Waals surface area contributed by atoms with Gasteiger partial charge in [-0.25, -0.2) is 0 Å². The lowest BCUT2D eigenvalue weighted by molar-refractivity contribution is -0.0224. The number of nitrogens with zero attached hydrogens (tertiary/aromatic N) is 3. The van der Waals surface area contributed by atoms with E-state index in [2.05, 4.69) is 23.3 Å². The van der Waals surface area contributed by atoms with Gasteiger partial charge in [0.1, 0.15) is 5.65 Å². The topological polar surface area (TPSA) is 68.8 Å². The van der Waals surface area contributed by atoms with Crippen LogP contribution in [-0.4, -0.2) is 32.0 Å². The number of benzene rings is 1. The second-order valence-electron chi connectivity index (χ2n) is 6.90. The van der Waals surface area contributed by atoms with Gasteiger partial charge in [-0.2, -0.15) is 9.61 Å². The number of ether oxygens (including phenoxy) is 1. The van der Waals surface area contributed by atoms with E-state index in [9.17, 15) is 9.90 Å². The smallest absolute Gasteiger partial charge is 0.274 e. The zero-order valence-corrected chi connectivity index (χ0v) is 14.8. The molecule has 2 unspecified atom stereocenters. The van der Waals surface area contributed by atoms with Crippen molar-refractivity contribution < 1.29 is 9.84 Å². The molecular formula is C20H23N3O3. The van der Waals surface area contributed by atoms with Gasteiger partial charge in [0.2, 0.25) is 0 Å². The Balaban J connectivity index is 1.47. The third kappa shape index (κ3) is 3.18. The van der Waals surface area contributed by atoms with Crippen LogP contribution in [-0.2, 0) is 17.7 Å². The summed E-state index contributed by atoms with van der Waals surface area (Å²) in [5, 5.41) is 14.6. The number of aliphatic hydroxyl groups is 1. The van der Waals surface area contributed by atoms with Gasteiger partial charge in [-0.15, -0.1) is 0 Å². The monoisotopic (exact) mass is 353 g/mol. The molecule has 26 heavy (non-hydrogen) atoms. The van der Waals surface area contributed by atoms with E-state index in [4.69, 9.17) is 4.74 Å². The van der Waals surface area contributed by atoms with Crippen molar-refractivity contribution in [2.24, 2.45) is 0 Å². The molecular weight excluding hydrogens is 330 g/mol. The highest BCUT2D eigenvalue weighted by atomic mass is 16.5. The van der Waals surface area contributed by atoms with Crippen LogP contribution in [0.3, 0.4) is 0 Å². The first-order valence-corrected chi connectivity index (χ1v) is 9.05. The zero-order chi connectivity index (χ0) is 18.1. The maximum Gasteiger partial charge on any atom is 0.274 e. The van der Waals surface area contributed by atoms with E-state index in [1.165, 1.54) is 21.7 Å². The predicted octanol–water partition coefficient (Wildman–Crippen LogP) is 2.26. The molecule has 6 heteroatoms. The average Bonchev–Trinajstić information content (AvgIpc) is 3.13. The minimum absolute atomic E-state index is 0.0414. The van der Waals surface area contributed by atoms with Crippen molar-refractivity contribution in [2.75, 3.05) is 6.61 Å². The van der Waals surface area contributed by atoms with Crippen LogP contribution in [0.2, 0.25) is 0 Å². The van der Waals surface area contributed by atoms with E-state index in [1.54, 1.807) is 12.3 Å².